The normalized spacial score (nSPS) is 11.7. The fourth-order valence-corrected chi connectivity index (χ4v) is 5.27. The van der Waals surface area contributed by atoms with E-state index in [1.54, 1.807) is 13.0 Å². The number of anilines is 1. The maximum absolute atomic E-state index is 14.5. The minimum atomic E-state index is -3.27. The second-order valence-corrected chi connectivity index (χ2v) is 10.4. The third-order valence-corrected chi connectivity index (χ3v) is 7.53. The van der Waals surface area contributed by atoms with Gasteiger partial charge in [0, 0.05) is 30.3 Å². The SMILES string of the molecule is CCCS(=O)(=O)CCCN(c1ccc(F)c(C(=O)c2ccc3nccnc3c2)c1)[SH](=O)=O. The molecule has 0 aliphatic heterocycles. The van der Waals surface area contributed by atoms with Crippen molar-refractivity contribution in [2.75, 3.05) is 22.4 Å². The lowest BCUT2D eigenvalue weighted by Gasteiger charge is -2.18. The van der Waals surface area contributed by atoms with E-state index in [1.807, 2.05) is 0 Å². The summed E-state index contributed by atoms with van der Waals surface area (Å²) in [5, 5.41) is 0. The van der Waals surface area contributed by atoms with Crippen molar-refractivity contribution in [3.05, 3.63) is 65.7 Å². The third-order valence-electron chi connectivity index (χ3n) is 4.76. The average molecular weight is 480 g/mol. The van der Waals surface area contributed by atoms with Gasteiger partial charge in [-0.25, -0.2) is 21.2 Å². The average Bonchev–Trinajstić information content (AvgIpc) is 2.76. The Morgan fingerprint density at radius 3 is 2.44 bits per heavy atom. The van der Waals surface area contributed by atoms with Crippen LogP contribution in [0.4, 0.5) is 10.1 Å². The quantitative estimate of drug-likeness (QED) is 0.351. The Morgan fingerprint density at radius 2 is 1.75 bits per heavy atom. The van der Waals surface area contributed by atoms with Crippen molar-refractivity contribution in [1.82, 2.24) is 9.97 Å². The molecule has 2 aromatic carbocycles. The van der Waals surface area contributed by atoms with E-state index in [0.717, 1.165) is 16.4 Å². The Balaban J connectivity index is 1.87. The number of hydrogen-bond acceptors (Lipinski definition) is 7. The van der Waals surface area contributed by atoms with Crippen LogP contribution in [0.25, 0.3) is 11.0 Å². The summed E-state index contributed by atoms with van der Waals surface area (Å²) in [4.78, 5) is 21.2. The molecule has 0 aliphatic rings. The van der Waals surface area contributed by atoms with Crippen molar-refractivity contribution < 1.29 is 26.0 Å². The highest BCUT2D eigenvalue weighted by atomic mass is 32.2. The fourth-order valence-electron chi connectivity index (χ4n) is 3.26. The van der Waals surface area contributed by atoms with Gasteiger partial charge in [-0.05, 0) is 49.2 Å². The van der Waals surface area contributed by atoms with E-state index < -0.39 is 32.3 Å². The molecule has 0 unspecified atom stereocenters. The minimum Gasteiger partial charge on any atom is -0.288 e. The molecular formula is C21H22FN3O5S2. The summed E-state index contributed by atoms with van der Waals surface area (Å²) in [7, 11) is -6.39. The first kappa shape index (κ1) is 23.7. The number of benzene rings is 2. The van der Waals surface area contributed by atoms with E-state index in [1.165, 1.54) is 30.6 Å². The van der Waals surface area contributed by atoms with Crippen LogP contribution in [-0.4, -0.2) is 50.6 Å². The van der Waals surface area contributed by atoms with Gasteiger partial charge in [-0.15, -0.1) is 0 Å². The number of sulfone groups is 1. The lowest BCUT2D eigenvalue weighted by Crippen LogP contribution is -2.25. The van der Waals surface area contributed by atoms with Gasteiger partial charge in [0.15, 0.2) is 5.78 Å². The van der Waals surface area contributed by atoms with Crippen molar-refractivity contribution in [2.24, 2.45) is 0 Å². The third kappa shape index (κ3) is 5.65. The van der Waals surface area contributed by atoms with Gasteiger partial charge in [0.25, 0.3) is 0 Å². The van der Waals surface area contributed by atoms with E-state index in [4.69, 9.17) is 0 Å². The highest BCUT2D eigenvalue weighted by Crippen LogP contribution is 2.23. The van der Waals surface area contributed by atoms with Crippen molar-refractivity contribution in [2.45, 2.75) is 19.8 Å². The molecule has 0 amide bonds. The van der Waals surface area contributed by atoms with Gasteiger partial charge in [0.05, 0.1) is 28.0 Å². The molecule has 0 atom stereocenters. The van der Waals surface area contributed by atoms with E-state index >= 15 is 0 Å². The Hall–Kier alpha value is -2.92. The number of carbonyl (C=O) groups is 1. The van der Waals surface area contributed by atoms with Gasteiger partial charge in [-0.3, -0.25) is 19.1 Å². The second-order valence-electron chi connectivity index (χ2n) is 7.12. The molecule has 3 aromatic rings. The van der Waals surface area contributed by atoms with Crippen LogP contribution in [0, 0.1) is 5.82 Å². The van der Waals surface area contributed by atoms with E-state index in [0.29, 0.717) is 17.5 Å². The molecule has 170 valence electrons. The number of carbonyl (C=O) groups excluding carboxylic acids is 1. The molecule has 0 N–H and O–H groups in total. The lowest BCUT2D eigenvalue weighted by molar-refractivity contribution is 0.103. The van der Waals surface area contributed by atoms with Crippen molar-refractivity contribution >= 4 is 43.2 Å². The number of fused-ring (bicyclic) bond motifs is 1. The summed E-state index contributed by atoms with van der Waals surface area (Å²) in [5.74, 6) is -1.57. The van der Waals surface area contributed by atoms with Crippen LogP contribution >= 0.6 is 0 Å². The zero-order valence-electron chi connectivity index (χ0n) is 17.3. The minimum absolute atomic E-state index is 0.0296. The molecule has 0 aliphatic carbocycles. The Kier molecular flexibility index (Phi) is 7.52. The summed E-state index contributed by atoms with van der Waals surface area (Å²) < 4.78 is 62.8. The molecule has 1 aromatic heterocycles. The van der Waals surface area contributed by atoms with E-state index in [2.05, 4.69) is 9.97 Å². The highest BCUT2D eigenvalue weighted by Gasteiger charge is 2.19. The van der Waals surface area contributed by atoms with Gasteiger partial charge in [0.2, 0.25) is 10.9 Å². The van der Waals surface area contributed by atoms with Crippen molar-refractivity contribution in [1.29, 1.82) is 0 Å². The number of aromatic nitrogens is 2. The predicted octanol–water partition coefficient (Wildman–Crippen LogP) is 2.55. The van der Waals surface area contributed by atoms with Gasteiger partial charge in [-0.1, -0.05) is 6.92 Å². The zero-order valence-corrected chi connectivity index (χ0v) is 19.0. The first-order chi connectivity index (χ1) is 15.2. The number of hydrogen-bond donors (Lipinski definition) is 1. The number of rotatable bonds is 10. The molecule has 1 heterocycles. The Bertz CT molecular complexity index is 1320. The van der Waals surface area contributed by atoms with Gasteiger partial charge in [0.1, 0.15) is 15.7 Å². The lowest BCUT2D eigenvalue weighted by atomic mass is 10.0. The predicted molar refractivity (Wildman–Crippen MR) is 121 cm³/mol. The van der Waals surface area contributed by atoms with Crippen LogP contribution in [-0.2, 0) is 20.7 Å². The van der Waals surface area contributed by atoms with Crippen molar-refractivity contribution in [3.8, 4) is 0 Å². The van der Waals surface area contributed by atoms with Gasteiger partial charge in [-0.2, -0.15) is 0 Å². The highest BCUT2D eigenvalue weighted by molar-refractivity contribution is 7.91. The van der Waals surface area contributed by atoms with Crippen LogP contribution in [0.5, 0.6) is 0 Å². The van der Waals surface area contributed by atoms with Crippen LogP contribution in [0.2, 0.25) is 0 Å². The summed E-state index contributed by atoms with van der Waals surface area (Å²) >= 11 is 0. The first-order valence-corrected chi connectivity index (χ1v) is 12.8. The van der Waals surface area contributed by atoms with E-state index in [9.17, 15) is 26.0 Å². The molecule has 32 heavy (non-hydrogen) atoms. The van der Waals surface area contributed by atoms with Crippen LogP contribution < -0.4 is 4.31 Å². The largest absolute Gasteiger partial charge is 0.288 e. The molecular weight excluding hydrogens is 457 g/mol. The molecule has 8 nitrogen and oxygen atoms in total. The fraction of sp³-hybridized carbons (Fsp3) is 0.286. The Labute approximate surface area is 187 Å². The second kappa shape index (κ2) is 10.1. The molecule has 11 heteroatoms. The molecule has 0 saturated heterocycles. The summed E-state index contributed by atoms with van der Waals surface area (Å²) in [6.45, 7) is 1.64. The smallest absolute Gasteiger partial charge is 0.225 e. The Morgan fingerprint density at radius 1 is 1.03 bits per heavy atom. The van der Waals surface area contributed by atoms with Crippen molar-refractivity contribution in [3.63, 3.8) is 0 Å². The number of thiol groups is 1. The number of nitrogens with zero attached hydrogens (tertiary/aromatic N) is 3. The summed E-state index contributed by atoms with van der Waals surface area (Å²) in [5.41, 5.74) is 1.00. The molecule has 0 saturated carbocycles. The standard InChI is InChI=1S/C21H22FN3O5S2/c1-2-11-32(29,30)12-3-10-25(31(27)28)16-5-6-18(22)17(14-16)21(26)15-4-7-19-20(13-15)24-9-8-23-19/h4-9,13-14,31H,2-3,10-12H2,1H3. The van der Waals surface area contributed by atoms with E-state index in [-0.39, 0.29) is 41.3 Å². The van der Waals surface area contributed by atoms with Crippen LogP contribution in [0.3, 0.4) is 0 Å². The first-order valence-electron chi connectivity index (χ1n) is 9.89. The van der Waals surface area contributed by atoms with Crippen LogP contribution in [0.1, 0.15) is 35.7 Å². The zero-order chi connectivity index (χ0) is 23.3. The summed E-state index contributed by atoms with van der Waals surface area (Å²) in [6.07, 6.45) is 3.54. The molecule has 3 rings (SSSR count). The monoisotopic (exact) mass is 479 g/mol. The van der Waals surface area contributed by atoms with Crippen LogP contribution in [0.15, 0.2) is 48.8 Å². The topological polar surface area (TPSA) is 114 Å². The van der Waals surface area contributed by atoms with Gasteiger partial charge >= 0.3 is 0 Å². The number of ketones is 1. The van der Waals surface area contributed by atoms with Gasteiger partial charge < -0.3 is 0 Å². The molecule has 0 spiro atoms. The number of halogens is 1. The molecule has 0 bridgehead atoms. The maximum Gasteiger partial charge on any atom is 0.225 e. The molecule has 0 fully saturated rings. The maximum atomic E-state index is 14.5. The summed E-state index contributed by atoms with van der Waals surface area (Å²) in [6, 6.07) is 7.99. The molecule has 0 radical (unpaired) electrons.